The quantitative estimate of drug-likeness (QED) is 0.804. The van der Waals surface area contributed by atoms with Crippen molar-refractivity contribution >= 4 is 5.91 Å². The molecule has 1 aromatic carbocycles. The highest BCUT2D eigenvalue weighted by Crippen LogP contribution is 2.61. The first kappa shape index (κ1) is 18.0. The number of likely N-dealkylation sites (N-methyl/N-ethyl adjacent to an activating group) is 1. The van der Waals surface area contributed by atoms with Crippen LogP contribution in [0.25, 0.3) is 0 Å². The lowest BCUT2D eigenvalue weighted by molar-refractivity contribution is -0.885. The van der Waals surface area contributed by atoms with Gasteiger partial charge in [0.25, 0.3) is 5.91 Å². The van der Waals surface area contributed by atoms with Gasteiger partial charge in [-0.3, -0.25) is 4.79 Å². The molecule has 2 atom stereocenters. The molecular weight excluding hydrogens is 327 g/mol. The molecule has 4 aliphatic rings. The maximum absolute atomic E-state index is 13.0. The normalized spacial score (nSPS) is 34.5. The molecule has 4 heteroatoms. The number of carbonyl (C=O) groups is 1. The van der Waals surface area contributed by atoms with Crippen LogP contribution in [0, 0.1) is 29.0 Å². The average Bonchev–Trinajstić information content (AvgIpc) is 2.55. The van der Waals surface area contributed by atoms with Crippen LogP contribution in [0.5, 0.6) is 0 Å². The number of hydrogen-bond donors (Lipinski definition) is 2. The summed E-state index contributed by atoms with van der Waals surface area (Å²) in [5, 5.41) is 3.34. The number of nitrogens with one attached hydrogen (secondary N) is 2. The second kappa shape index (κ2) is 6.95. The van der Waals surface area contributed by atoms with E-state index in [4.69, 9.17) is 0 Å². The first-order valence-electron chi connectivity index (χ1n) is 10.3. The molecule has 0 saturated heterocycles. The maximum atomic E-state index is 13.0. The molecule has 0 spiro atoms. The second-order valence-electron chi connectivity index (χ2n) is 9.51. The highest BCUT2D eigenvalue weighted by Gasteiger charge is 2.53. The third kappa shape index (κ3) is 3.66. The lowest BCUT2D eigenvalue weighted by Gasteiger charge is -2.59. The molecule has 4 bridgehead atoms. The number of halogens is 1. The summed E-state index contributed by atoms with van der Waals surface area (Å²) in [5.41, 5.74) is 1.42. The Kier molecular flexibility index (Phi) is 4.81. The van der Waals surface area contributed by atoms with E-state index in [-0.39, 0.29) is 17.8 Å². The Labute approximate surface area is 156 Å². The summed E-state index contributed by atoms with van der Waals surface area (Å²) in [6.07, 6.45) is 8.26. The number of benzene rings is 1. The van der Waals surface area contributed by atoms with Crippen molar-refractivity contribution in [3.63, 3.8) is 0 Å². The first-order chi connectivity index (χ1) is 12.4. The summed E-state index contributed by atoms with van der Waals surface area (Å²) in [6.45, 7) is 3.44. The summed E-state index contributed by atoms with van der Waals surface area (Å²) >= 11 is 0. The van der Waals surface area contributed by atoms with Crippen LogP contribution in [0.4, 0.5) is 4.39 Å². The molecule has 4 saturated carbocycles. The van der Waals surface area contributed by atoms with Crippen molar-refractivity contribution in [1.29, 1.82) is 0 Å². The number of quaternary nitrogens is 1. The maximum Gasteiger partial charge on any atom is 0.275 e. The molecule has 2 N–H and O–H groups in total. The highest BCUT2D eigenvalue weighted by molar-refractivity contribution is 5.77. The van der Waals surface area contributed by atoms with Gasteiger partial charge in [0, 0.05) is 11.6 Å². The molecule has 1 aromatic rings. The number of carbonyl (C=O) groups excluding carboxylic acids is 1. The summed E-state index contributed by atoms with van der Waals surface area (Å²) in [7, 11) is 2.03. The summed E-state index contributed by atoms with van der Waals surface area (Å²) in [6, 6.07) is 6.85. The third-order valence-electron chi connectivity index (χ3n) is 7.26. The predicted octanol–water partition coefficient (Wildman–Crippen LogP) is 2.56. The van der Waals surface area contributed by atoms with Crippen LogP contribution in [-0.2, 0) is 11.3 Å². The van der Waals surface area contributed by atoms with Crippen molar-refractivity contribution in [1.82, 2.24) is 5.32 Å². The van der Waals surface area contributed by atoms with Gasteiger partial charge in [-0.05, 0) is 80.8 Å². The largest absolute Gasteiger partial charge is 0.348 e. The second-order valence-corrected chi connectivity index (χ2v) is 9.51. The molecule has 1 unspecified atom stereocenters. The number of rotatable bonds is 6. The molecule has 4 aliphatic carbocycles. The van der Waals surface area contributed by atoms with E-state index in [0.717, 1.165) is 34.8 Å². The minimum atomic E-state index is -0.214. The predicted molar refractivity (Wildman–Crippen MR) is 100 cm³/mol. The van der Waals surface area contributed by atoms with Crippen LogP contribution in [-0.4, -0.2) is 25.5 Å². The van der Waals surface area contributed by atoms with Crippen molar-refractivity contribution < 1.29 is 14.1 Å². The summed E-state index contributed by atoms with van der Waals surface area (Å²) in [5.74, 6) is 2.66. The fourth-order valence-corrected chi connectivity index (χ4v) is 6.44. The van der Waals surface area contributed by atoms with Gasteiger partial charge in [-0.2, -0.15) is 0 Å². The van der Waals surface area contributed by atoms with E-state index < -0.39 is 0 Å². The lowest BCUT2D eigenvalue weighted by Crippen LogP contribution is -3.09. The summed E-state index contributed by atoms with van der Waals surface area (Å²) < 4.78 is 13.0. The first-order valence-corrected chi connectivity index (χ1v) is 10.3. The Morgan fingerprint density at radius 1 is 1.15 bits per heavy atom. The molecule has 0 radical (unpaired) electrons. The highest BCUT2D eigenvalue weighted by atomic mass is 19.1. The SMILES string of the molecule is C[C@@H](NC(=O)C[NH+](C)Cc1ccc(F)cc1)C12CC3CC(CC(C3)C1)C2. The van der Waals surface area contributed by atoms with Gasteiger partial charge in [-0.15, -0.1) is 0 Å². The molecule has 1 amide bonds. The molecule has 0 heterocycles. The van der Waals surface area contributed by atoms with E-state index in [1.807, 2.05) is 7.05 Å². The van der Waals surface area contributed by atoms with Crippen LogP contribution in [0.15, 0.2) is 24.3 Å². The third-order valence-corrected chi connectivity index (χ3v) is 7.26. The van der Waals surface area contributed by atoms with Crippen molar-refractivity contribution in [2.75, 3.05) is 13.6 Å². The van der Waals surface area contributed by atoms with Crippen molar-refractivity contribution in [2.45, 2.75) is 58.0 Å². The Hall–Kier alpha value is -1.42. The molecule has 0 aliphatic heterocycles. The zero-order valence-corrected chi connectivity index (χ0v) is 16.1. The van der Waals surface area contributed by atoms with E-state index in [0.29, 0.717) is 12.0 Å². The zero-order chi connectivity index (χ0) is 18.3. The van der Waals surface area contributed by atoms with Gasteiger partial charge in [0.2, 0.25) is 0 Å². The minimum absolute atomic E-state index is 0.146. The molecule has 3 nitrogen and oxygen atoms in total. The Bertz CT molecular complexity index is 621. The fourth-order valence-electron chi connectivity index (χ4n) is 6.44. The van der Waals surface area contributed by atoms with Gasteiger partial charge in [-0.1, -0.05) is 12.1 Å². The van der Waals surface area contributed by atoms with Crippen molar-refractivity contribution in [3.8, 4) is 0 Å². The topological polar surface area (TPSA) is 33.5 Å². The molecule has 142 valence electrons. The van der Waals surface area contributed by atoms with Crippen LogP contribution < -0.4 is 10.2 Å². The Morgan fingerprint density at radius 3 is 2.23 bits per heavy atom. The molecule has 26 heavy (non-hydrogen) atoms. The van der Waals surface area contributed by atoms with Crippen molar-refractivity contribution in [3.05, 3.63) is 35.6 Å². The monoisotopic (exact) mass is 359 g/mol. The van der Waals surface area contributed by atoms with Gasteiger partial charge in [0.05, 0.1) is 7.05 Å². The van der Waals surface area contributed by atoms with Crippen LogP contribution in [0.1, 0.15) is 51.0 Å². The zero-order valence-electron chi connectivity index (χ0n) is 16.1. The molecule has 4 fully saturated rings. The van der Waals surface area contributed by atoms with E-state index in [1.165, 1.54) is 50.7 Å². The van der Waals surface area contributed by atoms with Gasteiger partial charge in [0.1, 0.15) is 12.4 Å². The smallest absolute Gasteiger partial charge is 0.275 e. The van der Waals surface area contributed by atoms with Crippen LogP contribution >= 0.6 is 0 Å². The van der Waals surface area contributed by atoms with E-state index in [2.05, 4.69) is 12.2 Å². The van der Waals surface area contributed by atoms with E-state index >= 15 is 0 Å². The Morgan fingerprint density at radius 2 is 1.69 bits per heavy atom. The van der Waals surface area contributed by atoms with Crippen LogP contribution in [0.3, 0.4) is 0 Å². The molecular formula is C22H32FN2O+. The lowest BCUT2D eigenvalue weighted by atomic mass is 9.48. The fraction of sp³-hybridized carbons (Fsp3) is 0.682. The summed E-state index contributed by atoms with van der Waals surface area (Å²) in [4.78, 5) is 13.7. The van der Waals surface area contributed by atoms with Gasteiger partial charge in [0.15, 0.2) is 6.54 Å². The standard InChI is InChI=1S/C22H31FN2O/c1-15(22-10-17-7-18(11-22)9-19(8-17)12-22)24-21(26)14-25(2)13-16-3-5-20(23)6-4-16/h3-6,15,17-19H,7-14H2,1-2H3,(H,24,26)/p+1/t15-,17?,18?,19?,22?/m1/s1. The minimum Gasteiger partial charge on any atom is -0.348 e. The molecule has 5 rings (SSSR count). The average molecular weight is 360 g/mol. The van der Waals surface area contributed by atoms with Gasteiger partial charge >= 0.3 is 0 Å². The van der Waals surface area contributed by atoms with Gasteiger partial charge < -0.3 is 10.2 Å². The van der Waals surface area contributed by atoms with Gasteiger partial charge in [-0.25, -0.2) is 4.39 Å². The van der Waals surface area contributed by atoms with E-state index in [1.54, 1.807) is 12.1 Å². The number of hydrogen-bond acceptors (Lipinski definition) is 1. The Balaban J connectivity index is 1.31. The van der Waals surface area contributed by atoms with Crippen LogP contribution in [0.2, 0.25) is 0 Å². The number of amides is 1. The van der Waals surface area contributed by atoms with Crippen molar-refractivity contribution in [2.24, 2.45) is 23.2 Å². The van der Waals surface area contributed by atoms with E-state index in [9.17, 15) is 9.18 Å². The molecule has 0 aromatic heterocycles.